The zero-order valence-electron chi connectivity index (χ0n) is 16.3. The van der Waals surface area contributed by atoms with Crippen LogP contribution >= 0.6 is 34.5 Å². The predicted octanol–water partition coefficient (Wildman–Crippen LogP) is 5.37. The lowest BCUT2D eigenvalue weighted by atomic mass is 10.1. The van der Waals surface area contributed by atoms with Gasteiger partial charge in [0.25, 0.3) is 0 Å². The zero-order valence-corrected chi connectivity index (χ0v) is 18.6. The average molecular weight is 475 g/mol. The van der Waals surface area contributed by atoms with Crippen molar-refractivity contribution in [3.8, 4) is 17.0 Å². The van der Waals surface area contributed by atoms with E-state index in [4.69, 9.17) is 27.9 Å². The van der Waals surface area contributed by atoms with E-state index in [0.717, 1.165) is 5.69 Å². The summed E-state index contributed by atoms with van der Waals surface area (Å²) in [5.41, 5.74) is 1.96. The first-order valence-corrected chi connectivity index (χ1v) is 10.8. The maximum atomic E-state index is 12.3. The van der Waals surface area contributed by atoms with Crippen LogP contribution < -0.4 is 10.1 Å². The summed E-state index contributed by atoms with van der Waals surface area (Å²) in [5, 5.41) is 9.94. The second-order valence-electron chi connectivity index (χ2n) is 6.57. The summed E-state index contributed by atoms with van der Waals surface area (Å²) in [6.07, 6.45) is 0.0917. The van der Waals surface area contributed by atoms with E-state index in [9.17, 15) is 9.59 Å². The van der Waals surface area contributed by atoms with Gasteiger partial charge in [0.2, 0.25) is 16.8 Å². The molecule has 0 spiro atoms. The first kappa shape index (κ1) is 21.3. The first-order chi connectivity index (χ1) is 14.9. The molecule has 0 atom stereocenters. The van der Waals surface area contributed by atoms with Crippen LogP contribution in [0.2, 0.25) is 10.0 Å². The molecule has 4 rings (SSSR count). The molecular formula is C21H16Cl2N4O3S. The van der Waals surface area contributed by atoms with E-state index in [0.29, 0.717) is 31.9 Å². The highest BCUT2D eigenvalue weighted by molar-refractivity contribution is 7.15. The van der Waals surface area contributed by atoms with Crippen LogP contribution in [0.25, 0.3) is 16.2 Å². The van der Waals surface area contributed by atoms with Crippen LogP contribution in [0.1, 0.15) is 23.2 Å². The summed E-state index contributed by atoms with van der Waals surface area (Å²) in [6, 6.07) is 11.9. The number of fused-ring (bicyclic) bond motifs is 1. The van der Waals surface area contributed by atoms with Gasteiger partial charge in [-0.3, -0.25) is 14.9 Å². The number of hydrogen-bond acceptors (Lipinski definition) is 6. The van der Waals surface area contributed by atoms with Crippen molar-refractivity contribution in [2.24, 2.45) is 0 Å². The minimum Gasteiger partial charge on any atom is -0.497 e. The number of hydrogen-bond donors (Lipinski definition) is 1. The Hall–Kier alpha value is -2.94. The molecule has 0 fully saturated rings. The van der Waals surface area contributed by atoms with Crippen LogP contribution in [0.3, 0.4) is 0 Å². The fourth-order valence-corrected chi connectivity index (χ4v) is 4.16. The molecule has 2 aromatic carbocycles. The van der Waals surface area contributed by atoms with Gasteiger partial charge in [-0.1, -0.05) is 23.2 Å². The quantitative estimate of drug-likeness (QED) is 0.363. The number of nitrogens with one attached hydrogen (secondary N) is 1. The van der Waals surface area contributed by atoms with Gasteiger partial charge in [0.1, 0.15) is 5.75 Å². The van der Waals surface area contributed by atoms with Crippen molar-refractivity contribution < 1.29 is 14.3 Å². The van der Waals surface area contributed by atoms with Crippen LogP contribution in [-0.4, -0.2) is 33.4 Å². The minimum absolute atomic E-state index is 0.0185. The average Bonchev–Trinajstić information content (AvgIpc) is 3.34. The molecule has 7 nitrogen and oxygen atoms in total. The Morgan fingerprint density at radius 1 is 1.13 bits per heavy atom. The number of aromatic nitrogens is 3. The summed E-state index contributed by atoms with van der Waals surface area (Å²) in [5.74, 6) is 0.351. The van der Waals surface area contributed by atoms with Crippen LogP contribution in [0.4, 0.5) is 5.95 Å². The van der Waals surface area contributed by atoms with Gasteiger partial charge < -0.3 is 4.74 Å². The normalized spacial score (nSPS) is 10.9. The van der Waals surface area contributed by atoms with Gasteiger partial charge in [-0.25, -0.2) is 4.52 Å². The number of rotatable bonds is 7. The number of methoxy groups -OCH3 is 1. The standard InChI is InChI=1S/C21H16Cl2N4O3S/c1-30-14-5-2-12(3-6-14)18(28)8-9-19(29)24-20-25-21-27(26-20)17(11-31-21)15-10-13(22)4-7-16(15)23/h2-7,10-11H,8-9H2,1H3,(H,24,26,29). The summed E-state index contributed by atoms with van der Waals surface area (Å²) in [4.78, 5) is 29.5. The lowest BCUT2D eigenvalue weighted by molar-refractivity contribution is -0.116. The minimum atomic E-state index is -0.345. The van der Waals surface area contributed by atoms with E-state index < -0.39 is 0 Å². The number of benzene rings is 2. The molecule has 0 bridgehead atoms. The highest BCUT2D eigenvalue weighted by Crippen LogP contribution is 2.33. The molecule has 10 heteroatoms. The molecule has 0 saturated heterocycles. The predicted molar refractivity (Wildman–Crippen MR) is 122 cm³/mol. The van der Waals surface area contributed by atoms with E-state index in [-0.39, 0.29) is 30.5 Å². The monoisotopic (exact) mass is 474 g/mol. The molecule has 2 aromatic heterocycles. The van der Waals surface area contributed by atoms with Crippen molar-refractivity contribution in [1.82, 2.24) is 14.6 Å². The van der Waals surface area contributed by atoms with Crippen molar-refractivity contribution in [1.29, 1.82) is 0 Å². The zero-order chi connectivity index (χ0) is 22.0. The van der Waals surface area contributed by atoms with Crippen molar-refractivity contribution in [3.63, 3.8) is 0 Å². The van der Waals surface area contributed by atoms with Crippen molar-refractivity contribution in [3.05, 3.63) is 63.5 Å². The number of halogens is 2. The van der Waals surface area contributed by atoms with Crippen molar-refractivity contribution >= 4 is 57.1 Å². The molecule has 0 aliphatic heterocycles. The molecule has 0 saturated carbocycles. The molecule has 0 radical (unpaired) electrons. The Kier molecular flexibility index (Phi) is 6.22. The molecule has 4 aromatic rings. The third-order valence-electron chi connectivity index (χ3n) is 4.53. The molecule has 31 heavy (non-hydrogen) atoms. The Morgan fingerprint density at radius 2 is 1.90 bits per heavy atom. The van der Waals surface area contributed by atoms with Gasteiger partial charge in [-0.15, -0.1) is 16.4 Å². The summed E-state index contributed by atoms with van der Waals surface area (Å²) in [7, 11) is 1.56. The number of carbonyl (C=O) groups is 2. The molecule has 0 unspecified atom stereocenters. The van der Waals surface area contributed by atoms with E-state index in [2.05, 4.69) is 15.4 Å². The molecule has 0 aliphatic carbocycles. The van der Waals surface area contributed by atoms with Crippen LogP contribution in [0, 0.1) is 0 Å². The Balaban J connectivity index is 1.42. The van der Waals surface area contributed by atoms with E-state index in [1.165, 1.54) is 11.3 Å². The number of anilines is 1. The maximum absolute atomic E-state index is 12.3. The van der Waals surface area contributed by atoms with Gasteiger partial charge in [0.15, 0.2) is 5.78 Å². The smallest absolute Gasteiger partial charge is 0.250 e. The lowest BCUT2D eigenvalue weighted by Crippen LogP contribution is -2.14. The topological polar surface area (TPSA) is 85.6 Å². The third kappa shape index (κ3) is 4.71. The van der Waals surface area contributed by atoms with Crippen LogP contribution in [-0.2, 0) is 4.79 Å². The number of carbonyl (C=O) groups excluding carboxylic acids is 2. The maximum Gasteiger partial charge on any atom is 0.250 e. The SMILES string of the molecule is COc1ccc(C(=O)CCC(=O)Nc2nc3scc(-c4cc(Cl)ccc4Cl)n3n2)cc1. The number of ether oxygens (including phenoxy) is 1. The Labute approximate surface area is 191 Å². The lowest BCUT2D eigenvalue weighted by Gasteiger charge is -2.04. The van der Waals surface area contributed by atoms with E-state index in [1.807, 2.05) is 5.38 Å². The van der Waals surface area contributed by atoms with Gasteiger partial charge in [-0.2, -0.15) is 4.98 Å². The second kappa shape index (κ2) is 9.05. The molecule has 158 valence electrons. The molecule has 1 amide bonds. The van der Waals surface area contributed by atoms with Crippen LogP contribution in [0.5, 0.6) is 5.75 Å². The molecule has 1 N–H and O–H groups in total. The second-order valence-corrected chi connectivity index (χ2v) is 8.25. The Morgan fingerprint density at radius 3 is 2.65 bits per heavy atom. The number of nitrogens with zero attached hydrogens (tertiary/aromatic N) is 3. The van der Waals surface area contributed by atoms with Crippen molar-refractivity contribution in [2.75, 3.05) is 12.4 Å². The summed E-state index contributed by atoms with van der Waals surface area (Å²) >= 11 is 13.7. The number of ketones is 1. The summed E-state index contributed by atoms with van der Waals surface area (Å²) in [6.45, 7) is 0. The molecule has 2 heterocycles. The third-order valence-corrected chi connectivity index (χ3v) is 5.91. The highest BCUT2D eigenvalue weighted by atomic mass is 35.5. The van der Waals surface area contributed by atoms with E-state index in [1.54, 1.807) is 54.1 Å². The molecular weight excluding hydrogens is 459 g/mol. The highest BCUT2D eigenvalue weighted by Gasteiger charge is 2.16. The van der Waals surface area contributed by atoms with Gasteiger partial charge in [0, 0.05) is 34.4 Å². The van der Waals surface area contributed by atoms with Gasteiger partial charge in [0.05, 0.1) is 17.8 Å². The van der Waals surface area contributed by atoms with Crippen LogP contribution in [0.15, 0.2) is 47.8 Å². The number of Topliss-reactive ketones (excluding diaryl/α,β-unsaturated/α-hetero) is 1. The Bertz CT molecular complexity index is 1270. The fraction of sp³-hybridized carbons (Fsp3) is 0.143. The number of thiazole rings is 1. The fourth-order valence-electron chi connectivity index (χ4n) is 2.95. The van der Waals surface area contributed by atoms with Gasteiger partial charge in [-0.05, 0) is 42.5 Å². The van der Waals surface area contributed by atoms with Crippen molar-refractivity contribution in [2.45, 2.75) is 12.8 Å². The number of amides is 1. The first-order valence-electron chi connectivity index (χ1n) is 9.21. The molecule has 0 aliphatic rings. The largest absolute Gasteiger partial charge is 0.497 e. The van der Waals surface area contributed by atoms with Gasteiger partial charge >= 0.3 is 0 Å². The van der Waals surface area contributed by atoms with E-state index >= 15 is 0 Å². The summed E-state index contributed by atoms with van der Waals surface area (Å²) < 4.78 is 6.67.